The summed E-state index contributed by atoms with van der Waals surface area (Å²) in [5.41, 5.74) is 0. The summed E-state index contributed by atoms with van der Waals surface area (Å²) in [6, 6.07) is 0. The number of carbonyl (C=O) groups is 4. The molecule has 10 heteroatoms. The zero-order chi connectivity index (χ0) is 23.9. The van der Waals surface area contributed by atoms with E-state index in [9.17, 15) is 19.2 Å². The van der Waals surface area contributed by atoms with Crippen molar-refractivity contribution in [1.29, 1.82) is 0 Å². The number of ketones is 1. The first kappa shape index (κ1) is 30.0. The van der Waals surface area contributed by atoms with Gasteiger partial charge in [-0.15, -0.1) is 0 Å². The van der Waals surface area contributed by atoms with E-state index < -0.39 is 17.7 Å². The number of Topliss-reactive ketones (excluding diaryl/α,β-unsaturated/α-hetero) is 1. The molecule has 0 aromatic carbocycles. The standard InChI is InChI=1S/C22H38O10/c1-2-3-4-5-6-7-8-20(24)31-17-15-29-13-11-28-12-14-30-16-18-32-21(25)10-9-19(23)22(26)27/h2-18H2,1H3,(H,26,27). The molecule has 0 bridgehead atoms. The minimum absolute atomic E-state index is 0.0147. The number of aliphatic carboxylic acids is 1. The summed E-state index contributed by atoms with van der Waals surface area (Å²) in [5, 5.41) is 8.40. The molecule has 0 radical (unpaired) electrons. The van der Waals surface area contributed by atoms with E-state index in [-0.39, 0.29) is 38.6 Å². The molecule has 10 nitrogen and oxygen atoms in total. The molecule has 1 N–H and O–H groups in total. The van der Waals surface area contributed by atoms with Gasteiger partial charge in [-0.2, -0.15) is 0 Å². The lowest BCUT2D eigenvalue weighted by atomic mass is 10.1. The van der Waals surface area contributed by atoms with E-state index in [0.29, 0.717) is 39.5 Å². The van der Waals surface area contributed by atoms with Crippen LogP contribution in [0.1, 0.15) is 64.7 Å². The molecule has 0 unspecified atom stereocenters. The van der Waals surface area contributed by atoms with Crippen molar-refractivity contribution in [1.82, 2.24) is 0 Å². The Balaban J connectivity index is 3.28. The van der Waals surface area contributed by atoms with Gasteiger partial charge >= 0.3 is 17.9 Å². The minimum atomic E-state index is -1.56. The number of carboxylic acid groups (broad SMARTS) is 1. The smallest absolute Gasteiger partial charge is 0.372 e. The maximum Gasteiger partial charge on any atom is 0.372 e. The highest BCUT2D eigenvalue weighted by molar-refractivity contribution is 6.32. The summed E-state index contributed by atoms with van der Waals surface area (Å²) in [4.78, 5) is 44.0. The maximum atomic E-state index is 11.6. The molecule has 0 aliphatic rings. The number of rotatable bonds is 23. The molecular formula is C22H38O10. The van der Waals surface area contributed by atoms with Gasteiger partial charge in [-0.25, -0.2) is 4.79 Å². The third kappa shape index (κ3) is 21.2. The topological polar surface area (TPSA) is 135 Å². The molecule has 0 rings (SSSR count). The summed E-state index contributed by atoms with van der Waals surface area (Å²) in [7, 11) is 0. The van der Waals surface area contributed by atoms with E-state index in [1.54, 1.807) is 0 Å². The van der Waals surface area contributed by atoms with Crippen molar-refractivity contribution in [3.8, 4) is 0 Å². The summed E-state index contributed by atoms with van der Waals surface area (Å²) >= 11 is 0. The Bertz CT molecular complexity index is 521. The molecule has 0 aromatic rings. The first-order valence-electron chi connectivity index (χ1n) is 11.3. The van der Waals surface area contributed by atoms with Crippen LogP contribution >= 0.6 is 0 Å². The third-order valence-corrected chi connectivity index (χ3v) is 4.25. The number of carbonyl (C=O) groups excluding carboxylic acids is 3. The lowest BCUT2D eigenvalue weighted by molar-refractivity contribution is -0.151. The number of unbranched alkanes of at least 4 members (excludes halogenated alkanes) is 5. The van der Waals surface area contributed by atoms with E-state index in [1.807, 2.05) is 0 Å². The van der Waals surface area contributed by atoms with Crippen LogP contribution in [0.15, 0.2) is 0 Å². The summed E-state index contributed by atoms with van der Waals surface area (Å²) in [6.45, 7) is 4.33. The summed E-state index contributed by atoms with van der Waals surface area (Å²) in [6.07, 6.45) is 6.60. The highest BCUT2D eigenvalue weighted by Gasteiger charge is 2.14. The first-order chi connectivity index (χ1) is 15.5. The van der Waals surface area contributed by atoms with Crippen LogP contribution in [0.4, 0.5) is 0 Å². The molecule has 0 atom stereocenters. The Kier molecular flexibility index (Phi) is 20.8. The second kappa shape index (κ2) is 22.2. The lowest BCUT2D eigenvalue weighted by Crippen LogP contribution is -2.17. The largest absolute Gasteiger partial charge is 0.476 e. The van der Waals surface area contributed by atoms with Gasteiger partial charge in [0.15, 0.2) is 0 Å². The van der Waals surface area contributed by atoms with Gasteiger partial charge in [0.2, 0.25) is 5.78 Å². The van der Waals surface area contributed by atoms with Crippen LogP contribution in [0.2, 0.25) is 0 Å². The molecule has 186 valence electrons. The fraction of sp³-hybridized carbons (Fsp3) is 0.818. The van der Waals surface area contributed by atoms with Gasteiger partial charge in [0, 0.05) is 12.8 Å². The van der Waals surface area contributed by atoms with Crippen molar-refractivity contribution in [3.05, 3.63) is 0 Å². The number of hydrogen-bond donors (Lipinski definition) is 1. The van der Waals surface area contributed by atoms with Crippen LogP contribution in [0.25, 0.3) is 0 Å². The lowest BCUT2D eigenvalue weighted by Gasteiger charge is -2.08. The fourth-order valence-electron chi connectivity index (χ4n) is 2.49. The number of carboxylic acids is 1. The molecule has 0 saturated heterocycles. The zero-order valence-corrected chi connectivity index (χ0v) is 19.1. The van der Waals surface area contributed by atoms with Gasteiger partial charge in [-0.3, -0.25) is 14.4 Å². The van der Waals surface area contributed by atoms with Gasteiger partial charge in [-0.1, -0.05) is 39.0 Å². The maximum absolute atomic E-state index is 11.6. The van der Waals surface area contributed by atoms with Crippen LogP contribution < -0.4 is 0 Å². The highest BCUT2D eigenvalue weighted by Crippen LogP contribution is 2.07. The second-order valence-corrected chi connectivity index (χ2v) is 7.02. The minimum Gasteiger partial charge on any atom is -0.476 e. The monoisotopic (exact) mass is 462 g/mol. The van der Waals surface area contributed by atoms with Crippen LogP contribution in [-0.2, 0) is 42.9 Å². The predicted molar refractivity (Wildman–Crippen MR) is 114 cm³/mol. The molecule has 0 aliphatic heterocycles. The van der Waals surface area contributed by atoms with Crippen LogP contribution in [-0.4, -0.2) is 81.7 Å². The van der Waals surface area contributed by atoms with Crippen molar-refractivity contribution in [2.75, 3.05) is 52.9 Å². The molecule has 0 saturated carbocycles. The molecular weight excluding hydrogens is 424 g/mol. The molecule has 0 aromatic heterocycles. The van der Waals surface area contributed by atoms with E-state index in [2.05, 4.69) is 6.92 Å². The van der Waals surface area contributed by atoms with Crippen molar-refractivity contribution in [3.63, 3.8) is 0 Å². The first-order valence-corrected chi connectivity index (χ1v) is 11.3. The van der Waals surface area contributed by atoms with E-state index in [0.717, 1.165) is 12.8 Å². The van der Waals surface area contributed by atoms with E-state index >= 15 is 0 Å². The summed E-state index contributed by atoms with van der Waals surface area (Å²) in [5.74, 6) is -3.42. The Hall–Kier alpha value is -2.04. The van der Waals surface area contributed by atoms with Crippen molar-refractivity contribution in [2.45, 2.75) is 64.7 Å². The molecule has 0 fully saturated rings. The molecule has 0 heterocycles. The van der Waals surface area contributed by atoms with Crippen LogP contribution in [0.5, 0.6) is 0 Å². The Labute approximate surface area is 189 Å². The zero-order valence-electron chi connectivity index (χ0n) is 19.1. The van der Waals surface area contributed by atoms with E-state index in [1.165, 1.54) is 25.7 Å². The Morgan fingerprint density at radius 2 is 1.00 bits per heavy atom. The van der Waals surface area contributed by atoms with Crippen molar-refractivity contribution in [2.24, 2.45) is 0 Å². The molecule has 32 heavy (non-hydrogen) atoms. The van der Waals surface area contributed by atoms with E-state index in [4.69, 9.17) is 28.8 Å². The second-order valence-electron chi connectivity index (χ2n) is 7.02. The number of hydrogen-bond acceptors (Lipinski definition) is 9. The predicted octanol–water partition coefficient (Wildman–Crippen LogP) is 2.31. The van der Waals surface area contributed by atoms with Crippen LogP contribution in [0.3, 0.4) is 0 Å². The summed E-state index contributed by atoms with van der Waals surface area (Å²) < 4.78 is 25.8. The SMILES string of the molecule is CCCCCCCCC(=O)OCCOCCOCCOCCOC(=O)CCC(=O)C(=O)O. The van der Waals surface area contributed by atoms with Crippen LogP contribution in [0, 0.1) is 0 Å². The highest BCUT2D eigenvalue weighted by atomic mass is 16.6. The fourth-order valence-corrected chi connectivity index (χ4v) is 2.49. The molecule has 0 spiro atoms. The van der Waals surface area contributed by atoms with Gasteiger partial charge < -0.3 is 28.8 Å². The average Bonchev–Trinajstić information content (AvgIpc) is 2.77. The third-order valence-electron chi connectivity index (χ3n) is 4.25. The van der Waals surface area contributed by atoms with Gasteiger partial charge in [0.1, 0.15) is 13.2 Å². The van der Waals surface area contributed by atoms with Crippen molar-refractivity contribution >= 4 is 23.7 Å². The number of esters is 2. The van der Waals surface area contributed by atoms with Gasteiger partial charge in [0.25, 0.3) is 0 Å². The van der Waals surface area contributed by atoms with Gasteiger partial charge in [0.05, 0.1) is 46.1 Å². The molecule has 0 aliphatic carbocycles. The van der Waals surface area contributed by atoms with Crippen molar-refractivity contribution < 1.29 is 48.0 Å². The Morgan fingerprint density at radius 1 is 0.562 bits per heavy atom. The molecule has 0 amide bonds. The number of ether oxygens (including phenoxy) is 5. The quantitative estimate of drug-likeness (QED) is 0.137. The Morgan fingerprint density at radius 3 is 1.50 bits per heavy atom. The normalized spacial score (nSPS) is 10.7. The average molecular weight is 463 g/mol. The van der Waals surface area contributed by atoms with Gasteiger partial charge in [-0.05, 0) is 6.42 Å².